The first-order chi connectivity index (χ1) is 16.1. The van der Waals surface area contributed by atoms with Gasteiger partial charge in [0.25, 0.3) is 0 Å². The van der Waals surface area contributed by atoms with Crippen LogP contribution in [0.5, 0.6) is 5.75 Å². The number of nitrogens with zero attached hydrogens (tertiary/aromatic N) is 3. The Hall–Kier alpha value is -2.61. The predicted octanol–water partition coefficient (Wildman–Crippen LogP) is 4.68. The monoisotopic (exact) mass is 471 g/mol. The number of ether oxygens (including phenoxy) is 2. The number of aromatic nitrogens is 2. The number of hydrogen-bond acceptors (Lipinski definition) is 5. The lowest BCUT2D eigenvalue weighted by Crippen LogP contribution is -2.35. The second kappa shape index (κ2) is 11.0. The van der Waals surface area contributed by atoms with Gasteiger partial charge in [-0.3, -0.25) is 9.88 Å². The third-order valence-corrected chi connectivity index (χ3v) is 6.50. The van der Waals surface area contributed by atoms with Crippen LogP contribution >= 0.6 is 11.6 Å². The second-order valence-electron chi connectivity index (χ2n) is 8.28. The fraction of sp³-hybridized carbons (Fsp3) is 0.440. The number of fused-ring (bicyclic) bond motifs is 1. The van der Waals surface area contributed by atoms with E-state index in [0.29, 0.717) is 29.9 Å². The zero-order valence-corrected chi connectivity index (χ0v) is 19.6. The molecule has 176 valence electrons. The van der Waals surface area contributed by atoms with E-state index in [-0.39, 0.29) is 5.56 Å². The Morgan fingerprint density at radius 2 is 2.03 bits per heavy atom. The van der Waals surface area contributed by atoms with E-state index in [1.807, 2.05) is 19.3 Å². The number of piperidine rings is 1. The van der Waals surface area contributed by atoms with Gasteiger partial charge in [-0.2, -0.15) is 0 Å². The number of carboxylic acid groups (broad SMARTS) is 1. The van der Waals surface area contributed by atoms with Crippen LogP contribution in [-0.4, -0.2) is 65.0 Å². The highest BCUT2D eigenvalue weighted by Crippen LogP contribution is 2.34. The van der Waals surface area contributed by atoms with Crippen LogP contribution in [0.1, 0.15) is 41.6 Å². The van der Waals surface area contributed by atoms with E-state index in [0.717, 1.165) is 45.6 Å². The number of aromatic carboxylic acids is 1. The van der Waals surface area contributed by atoms with Gasteiger partial charge in [0.2, 0.25) is 0 Å². The normalized spacial score (nSPS) is 15.2. The van der Waals surface area contributed by atoms with Crippen molar-refractivity contribution in [1.29, 1.82) is 0 Å². The number of benzene rings is 1. The molecule has 1 aliphatic rings. The molecule has 1 aromatic carbocycles. The van der Waals surface area contributed by atoms with Crippen molar-refractivity contribution in [3.63, 3.8) is 0 Å². The number of likely N-dealkylation sites (tertiary alicyclic amines) is 1. The molecule has 7 nitrogen and oxygen atoms in total. The highest BCUT2D eigenvalue weighted by molar-refractivity contribution is 6.30. The van der Waals surface area contributed by atoms with E-state index < -0.39 is 5.97 Å². The molecule has 1 fully saturated rings. The molecule has 3 heterocycles. The largest absolute Gasteiger partial charge is 0.491 e. The topological polar surface area (TPSA) is 76.8 Å². The molecule has 0 amide bonds. The summed E-state index contributed by atoms with van der Waals surface area (Å²) in [5.74, 6) is -0.191. The van der Waals surface area contributed by atoms with Crippen molar-refractivity contribution in [3.8, 4) is 5.75 Å². The molecular formula is C25H30ClN3O4. The fourth-order valence-corrected chi connectivity index (χ4v) is 4.69. The molecule has 1 N–H and O–H groups in total. The molecule has 0 saturated carbocycles. The van der Waals surface area contributed by atoms with Gasteiger partial charge in [-0.05, 0) is 68.6 Å². The van der Waals surface area contributed by atoms with Crippen molar-refractivity contribution in [1.82, 2.24) is 14.5 Å². The molecular weight excluding hydrogens is 442 g/mol. The molecule has 1 saturated heterocycles. The van der Waals surface area contributed by atoms with Crippen LogP contribution < -0.4 is 4.74 Å². The van der Waals surface area contributed by atoms with Gasteiger partial charge in [-0.15, -0.1) is 0 Å². The Morgan fingerprint density at radius 3 is 2.79 bits per heavy atom. The molecule has 0 unspecified atom stereocenters. The molecule has 2 aromatic heterocycles. The number of hydrogen-bond donors (Lipinski definition) is 1. The predicted molar refractivity (Wildman–Crippen MR) is 129 cm³/mol. The average molecular weight is 472 g/mol. The molecule has 0 atom stereocenters. The lowest BCUT2D eigenvalue weighted by molar-refractivity contribution is 0.0691. The summed E-state index contributed by atoms with van der Waals surface area (Å²) in [6, 6.07) is 6.72. The van der Waals surface area contributed by atoms with Crippen LogP contribution in [-0.2, 0) is 11.3 Å². The summed E-state index contributed by atoms with van der Waals surface area (Å²) in [6.07, 6.45) is 8.24. The van der Waals surface area contributed by atoms with Crippen LogP contribution in [0.2, 0.25) is 5.02 Å². The second-order valence-corrected chi connectivity index (χ2v) is 8.71. The molecule has 0 bridgehead atoms. The van der Waals surface area contributed by atoms with E-state index >= 15 is 0 Å². The van der Waals surface area contributed by atoms with E-state index in [4.69, 9.17) is 21.1 Å². The fourth-order valence-electron chi connectivity index (χ4n) is 4.53. The van der Waals surface area contributed by atoms with E-state index in [9.17, 15) is 9.90 Å². The van der Waals surface area contributed by atoms with Gasteiger partial charge in [0.1, 0.15) is 17.9 Å². The summed E-state index contributed by atoms with van der Waals surface area (Å²) < 4.78 is 13.6. The molecule has 8 heteroatoms. The standard InChI is InChI=1S/C25H30ClN3O4/c1-2-32-13-12-29-17-22(20-5-8-27-16-23(20)29)18-6-9-28(10-7-18)11-14-33-24-15-19(26)3-4-21(24)25(30)31/h3-5,8,15-18H,2,6-7,9-14H2,1H3,(H,30,31). The highest BCUT2D eigenvalue weighted by Gasteiger charge is 2.24. The Balaban J connectivity index is 1.34. The van der Waals surface area contributed by atoms with Gasteiger partial charge in [0, 0.05) is 42.5 Å². The van der Waals surface area contributed by atoms with Crippen molar-refractivity contribution >= 4 is 28.5 Å². The molecule has 1 aliphatic heterocycles. The maximum absolute atomic E-state index is 11.4. The molecule has 0 spiro atoms. The maximum atomic E-state index is 11.4. The van der Waals surface area contributed by atoms with E-state index in [2.05, 4.69) is 26.7 Å². The van der Waals surface area contributed by atoms with Gasteiger partial charge >= 0.3 is 5.97 Å². The van der Waals surface area contributed by atoms with Crippen molar-refractivity contribution in [2.45, 2.75) is 32.2 Å². The Morgan fingerprint density at radius 1 is 1.21 bits per heavy atom. The summed E-state index contributed by atoms with van der Waals surface area (Å²) >= 11 is 6.01. The van der Waals surface area contributed by atoms with Gasteiger partial charge in [0.15, 0.2) is 0 Å². The smallest absolute Gasteiger partial charge is 0.339 e. The van der Waals surface area contributed by atoms with Crippen molar-refractivity contribution in [2.24, 2.45) is 0 Å². The summed E-state index contributed by atoms with van der Waals surface area (Å²) in [6.45, 7) is 7.39. The van der Waals surface area contributed by atoms with Gasteiger partial charge in [0.05, 0.1) is 18.3 Å². The third kappa shape index (κ3) is 5.66. The first kappa shape index (κ1) is 23.5. The SMILES string of the molecule is CCOCCn1cc(C2CCN(CCOc3cc(Cl)ccc3C(=O)O)CC2)c2ccncc21. The quantitative estimate of drug-likeness (QED) is 0.432. The van der Waals surface area contributed by atoms with Gasteiger partial charge < -0.3 is 19.1 Å². The van der Waals surface area contributed by atoms with Crippen molar-refractivity contribution in [2.75, 3.05) is 39.5 Å². The Labute approximate surface area is 198 Å². The summed E-state index contributed by atoms with van der Waals surface area (Å²) in [5.41, 5.74) is 2.69. The Bertz CT molecular complexity index is 1090. The maximum Gasteiger partial charge on any atom is 0.339 e. The minimum absolute atomic E-state index is 0.133. The summed E-state index contributed by atoms with van der Waals surface area (Å²) in [7, 11) is 0. The minimum Gasteiger partial charge on any atom is -0.491 e. The summed E-state index contributed by atoms with van der Waals surface area (Å²) in [4.78, 5) is 18.1. The third-order valence-electron chi connectivity index (χ3n) is 6.26. The molecule has 3 aromatic rings. The number of carbonyl (C=O) groups is 1. The van der Waals surface area contributed by atoms with Crippen LogP contribution in [0.15, 0.2) is 42.9 Å². The lowest BCUT2D eigenvalue weighted by Gasteiger charge is -2.31. The number of carboxylic acids is 1. The zero-order chi connectivity index (χ0) is 23.2. The number of halogens is 1. The number of rotatable bonds is 10. The molecule has 0 radical (unpaired) electrons. The van der Waals surface area contributed by atoms with Crippen LogP contribution in [0.3, 0.4) is 0 Å². The minimum atomic E-state index is -1.02. The van der Waals surface area contributed by atoms with Crippen molar-refractivity contribution < 1.29 is 19.4 Å². The van der Waals surface area contributed by atoms with Crippen LogP contribution in [0.25, 0.3) is 10.9 Å². The van der Waals surface area contributed by atoms with Crippen LogP contribution in [0.4, 0.5) is 0 Å². The van der Waals surface area contributed by atoms with Crippen molar-refractivity contribution in [3.05, 3.63) is 59.0 Å². The first-order valence-electron chi connectivity index (χ1n) is 11.4. The van der Waals surface area contributed by atoms with E-state index in [1.54, 1.807) is 12.1 Å². The van der Waals surface area contributed by atoms with Gasteiger partial charge in [-0.1, -0.05) is 11.6 Å². The van der Waals surface area contributed by atoms with Gasteiger partial charge in [-0.25, -0.2) is 4.79 Å². The molecule has 4 rings (SSSR count). The Kier molecular flexibility index (Phi) is 7.85. The lowest BCUT2D eigenvalue weighted by atomic mass is 9.89. The van der Waals surface area contributed by atoms with E-state index in [1.165, 1.54) is 22.5 Å². The summed E-state index contributed by atoms with van der Waals surface area (Å²) in [5, 5.41) is 11.1. The molecule has 0 aliphatic carbocycles. The number of pyridine rings is 1. The zero-order valence-electron chi connectivity index (χ0n) is 18.9. The highest BCUT2D eigenvalue weighted by atomic mass is 35.5. The average Bonchev–Trinajstić information content (AvgIpc) is 3.18. The first-order valence-corrected chi connectivity index (χ1v) is 11.8. The van der Waals surface area contributed by atoms with Crippen LogP contribution in [0, 0.1) is 0 Å². The molecule has 33 heavy (non-hydrogen) atoms.